The van der Waals surface area contributed by atoms with Crippen LogP contribution in [-0.4, -0.2) is 17.1 Å². The normalized spacial score (nSPS) is 11.9. The van der Waals surface area contributed by atoms with Crippen LogP contribution in [0.5, 0.6) is 5.75 Å². The number of nitrogens with one attached hydrogen (secondary N) is 1. The summed E-state index contributed by atoms with van der Waals surface area (Å²) in [6.45, 7) is 2.64. The van der Waals surface area contributed by atoms with Gasteiger partial charge in [-0.2, -0.15) is 0 Å². The summed E-state index contributed by atoms with van der Waals surface area (Å²) in [5.74, 6) is -0.0763. The molecule has 110 valence electrons. The van der Waals surface area contributed by atoms with Crippen LogP contribution >= 0.6 is 0 Å². The van der Waals surface area contributed by atoms with E-state index >= 15 is 0 Å². The third-order valence-corrected chi connectivity index (χ3v) is 3.13. The molecule has 0 heterocycles. The van der Waals surface area contributed by atoms with E-state index < -0.39 is 12.0 Å². The van der Waals surface area contributed by atoms with Gasteiger partial charge in [-0.3, -0.25) is 4.79 Å². The van der Waals surface area contributed by atoms with E-state index in [1.165, 1.54) is 0 Å². The van der Waals surface area contributed by atoms with Crippen molar-refractivity contribution in [2.24, 2.45) is 0 Å². The highest BCUT2D eigenvalue weighted by Crippen LogP contribution is 2.15. The van der Waals surface area contributed by atoms with Crippen molar-refractivity contribution >= 4 is 5.97 Å². The first-order valence-electron chi connectivity index (χ1n) is 6.87. The molecule has 4 nitrogen and oxygen atoms in total. The number of rotatable bonds is 7. The van der Waals surface area contributed by atoms with Crippen LogP contribution in [0, 0.1) is 0 Å². The molecule has 0 aliphatic heterocycles. The van der Waals surface area contributed by atoms with Crippen LogP contribution in [0.25, 0.3) is 0 Å². The molecule has 2 rings (SSSR count). The molecule has 21 heavy (non-hydrogen) atoms. The first-order chi connectivity index (χ1) is 10.1. The number of hydrogen-bond acceptors (Lipinski definition) is 3. The molecule has 0 radical (unpaired) electrons. The molecular weight excluding hydrogens is 266 g/mol. The van der Waals surface area contributed by atoms with Crippen molar-refractivity contribution in [3.05, 3.63) is 65.7 Å². The SMILES string of the molecule is CC(NCc1cccc(OCc2ccccc2)c1)C(=O)O. The van der Waals surface area contributed by atoms with E-state index in [9.17, 15) is 4.79 Å². The molecule has 0 bridgehead atoms. The lowest BCUT2D eigenvalue weighted by Gasteiger charge is -2.11. The lowest BCUT2D eigenvalue weighted by Crippen LogP contribution is -2.33. The number of carboxylic acid groups (broad SMARTS) is 1. The Balaban J connectivity index is 1.90. The van der Waals surface area contributed by atoms with Crippen molar-refractivity contribution in [2.45, 2.75) is 26.1 Å². The van der Waals surface area contributed by atoms with E-state index in [4.69, 9.17) is 9.84 Å². The van der Waals surface area contributed by atoms with Crippen LogP contribution in [0.3, 0.4) is 0 Å². The largest absolute Gasteiger partial charge is 0.489 e. The molecule has 0 aromatic heterocycles. The van der Waals surface area contributed by atoms with Gasteiger partial charge in [0.25, 0.3) is 0 Å². The predicted molar refractivity (Wildman–Crippen MR) is 81.2 cm³/mol. The molecule has 2 N–H and O–H groups in total. The van der Waals surface area contributed by atoms with Gasteiger partial charge >= 0.3 is 5.97 Å². The Labute approximate surface area is 124 Å². The van der Waals surface area contributed by atoms with Gasteiger partial charge in [-0.1, -0.05) is 42.5 Å². The summed E-state index contributed by atoms with van der Waals surface area (Å²) in [4.78, 5) is 10.8. The summed E-state index contributed by atoms with van der Waals surface area (Å²) in [6.07, 6.45) is 0. The molecule has 0 spiro atoms. The topological polar surface area (TPSA) is 58.6 Å². The van der Waals surface area contributed by atoms with Crippen LogP contribution in [0.2, 0.25) is 0 Å². The Kier molecular flexibility index (Phi) is 5.35. The van der Waals surface area contributed by atoms with E-state index in [2.05, 4.69) is 5.32 Å². The summed E-state index contributed by atoms with van der Waals surface area (Å²) in [7, 11) is 0. The van der Waals surface area contributed by atoms with E-state index in [0.29, 0.717) is 13.2 Å². The Morgan fingerprint density at radius 2 is 1.86 bits per heavy atom. The number of benzene rings is 2. The minimum absolute atomic E-state index is 0.496. The van der Waals surface area contributed by atoms with Crippen molar-refractivity contribution in [1.82, 2.24) is 5.32 Å². The highest BCUT2D eigenvalue weighted by Gasteiger charge is 2.09. The van der Waals surface area contributed by atoms with Gasteiger partial charge in [-0.05, 0) is 30.2 Å². The number of hydrogen-bond donors (Lipinski definition) is 2. The van der Waals surface area contributed by atoms with Crippen LogP contribution in [0.4, 0.5) is 0 Å². The second kappa shape index (κ2) is 7.45. The fraction of sp³-hybridized carbons (Fsp3) is 0.235. The van der Waals surface area contributed by atoms with Gasteiger partial charge in [-0.15, -0.1) is 0 Å². The molecule has 0 amide bonds. The maximum atomic E-state index is 10.8. The quantitative estimate of drug-likeness (QED) is 0.821. The highest BCUT2D eigenvalue weighted by atomic mass is 16.5. The molecule has 0 saturated carbocycles. The molecule has 0 fully saturated rings. The van der Waals surface area contributed by atoms with Gasteiger partial charge < -0.3 is 15.2 Å². The predicted octanol–water partition coefficient (Wildman–Crippen LogP) is 2.83. The number of carbonyl (C=O) groups is 1. The first-order valence-corrected chi connectivity index (χ1v) is 6.87. The average Bonchev–Trinajstić information content (AvgIpc) is 2.52. The number of aliphatic carboxylic acids is 1. The Morgan fingerprint density at radius 3 is 2.57 bits per heavy atom. The summed E-state index contributed by atoms with van der Waals surface area (Å²) in [6, 6.07) is 17.0. The molecule has 4 heteroatoms. The van der Waals surface area contributed by atoms with Gasteiger partial charge in [0.2, 0.25) is 0 Å². The maximum absolute atomic E-state index is 10.8. The zero-order chi connectivity index (χ0) is 15.1. The van der Waals surface area contributed by atoms with Crippen LogP contribution in [-0.2, 0) is 17.9 Å². The fourth-order valence-electron chi connectivity index (χ4n) is 1.84. The van der Waals surface area contributed by atoms with Gasteiger partial charge in [0.1, 0.15) is 18.4 Å². The molecule has 0 aliphatic carbocycles. The van der Waals surface area contributed by atoms with E-state index in [1.54, 1.807) is 6.92 Å². The third-order valence-electron chi connectivity index (χ3n) is 3.13. The van der Waals surface area contributed by atoms with Crippen LogP contribution in [0.1, 0.15) is 18.1 Å². The smallest absolute Gasteiger partial charge is 0.320 e. The van der Waals surface area contributed by atoms with E-state index in [-0.39, 0.29) is 0 Å². The summed E-state index contributed by atoms with van der Waals surface area (Å²) < 4.78 is 5.74. The lowest BCUT2D eigenvalue weighted by atomic mass is 10.2. The molecule has 1 unspecified atom stereocenters. The second-order valence-electron chi connectivity index (χ2n) is 4.86. The molecule has 2 aromatic carbocycles. The Bertz CT molecular complexity index is 584. The van der Waals surface area contributed by atoms with Crippen molar-refractivity contribution in [3.63, 3.8) is 0 Å². The van der Waals surface area contributed by atoms with Crippen molar-refractivity contribution in [1.29, 1.82) is 0 Å². The highest BCUT2D eigenvalue weighted by molar-refractivity contribution is 5.72. The zero-order valence-electron chi connectivity index (χ0n) is 12.0. The third kappa shape index (κ3) is 4.93. The molecule has 1 atom stereocenters. The number of carboxylic acids is 1. The van der Waals surface area contributed by atoms with Gasteiger partial charge in [0.15, 0.2) is 0 Å². The van der Waals surface area contributed by atoms with E-state index in [0.717, 1.165) is 16.9 Å². The van der Waals surface area contributed by atoms with E-state index in [1.807, 2.05) is 54.6 Å². The summed E-state index contributed by atoms with van der Waals surface area (Å²) in [5.41, 5.74) is 2.11. The maximum Gasteiger partial charge on any atom is 0.320 e. The van der Waals surface area contributed by atoms with Crippen LogP contribution in [0.15, 0.2) is 54.6 Å². The first kappa shape index (κ1) is 15.1. The van der Waals surface area contributed by atoms with Gasteiger partial charge in [-0.25, -0.2) is 0 Å². The average molecular weight is 285 g/mol. The fourth-order valence-corrected chi connectivity index (χ4v) is 1.84. The standard InChI is InChI=1S/C17H19NO3/c1-13(17(19)20)18-11-15-8-5-9-16(10-15)21-12-14-6-3-2-4-7-14/h2-10,13,18H,11-12H2,1H3,(H,19,20). The van der Waals surface area contributed by atoms with Crippen molar-refractivity contribution < 1.29 is 14.6 Å². The summed E-state index contributed by atoms with van der Waals surface area (Å²) >= 11 is 0. The molecular formula is C17H19NO3. The molecule has 0 aliphatic rings. The molecule has 2 aromatic rings. The van der Waals surface area contributed by atoms with Crippen LogP contribution < -0.4 is 10.1 Å². The molecule has 0 saturated heterocycles. The summed E-state index contributed by atoms with van der Waals surface area (Å²) in [5, 5.41) is 11.8. The monoisotopic (exact) mass is 285 g/mol. The minimum atomic E-state index is -0.855. The minimum Gasteiger partial charge on any atom is -0.489 e. The van der Waals surface area contributed by atoms with Gasteiger partial charge in [0.05, 0.1) is 0 Å². The van der Waals surface area contributed by atoms with Crippen molar-refractivity contribution in [3.8, 4) is 5.75 Å². The Hall–Kier alpha value is -2.33. The zero-order valence-corrected chi connectivity index (χ0v) is 12.0. The lowest BCUT2D eigenvalue weighted by molar-refractivity contribution is -0.139. The van der Waals surface area contributed by atoms with Crippen molar-refractivity contribution in [2.75, 3.05) is 0 Å². The second-order valence-corrected chi connectivity index (χ2v) is 4.86. The van der Waals surface area contributed by atoms with Gasteiger partial charge in [0, 0.05) is 6.54 Å². The number of ether oxygens (including phenoxy) is 1. The Morgan fingerprint density at radius 1 is 1.14 bits per heavy atom.